The topological polar surface area (TPSA) is 220 Å². The highest BCUT2D eigenvalue weighted by Crippen LogP contribution is 2.30. The van der Waals surface area contributed by atoms with Gasteiger partial charge in [-0.15, -0.1) is 11.6 Å². The number of nitrogens with one attached hydrogen (secondary N) is 1. The molecule has 0 aromatic rings. The number of halogens is 1. The number of nitrogens with zero attached hydrogens (tertiary/aromatic N) is 1. The van der Waals surface area contributed by atoms with E-state index in [0.717, 1.165) is 4.90 Å². The normalized spacial score (nSPS) is 41.6. The second-order valence-electron chi connectivity index (χ2n) is 8.67. The summed E-state index contributed by atoms with van der Waals surface area (Å²) < 4.78 is 27.6. The summed E-state index contributed by atoms with van der Waals surface area (Å²) in [6, 6.07) is -0.675. The minimum absolute atomic E-state index is 0.0844. The molecule has 2 unspecified atom stereocenters. The molecule has 16 heteroatoms. The summed E-state index contributed by atoms with van der Waals surface area (Å²) in [5.41, 5.74) is 0. The molecule has 3 aliphatic heterocycles. The zero-order chi connectivity index (χ0) is 26.4. The van der Waals surface area contributed by atoms with Gasteiger partial charge in [0, 0.05) is 12.4 Å². The first kappa shape index (κ1) is 29.6. The molecule has 0 radical (unpaired) electrons. The van der Waals surface area contributed by atoms with Gasteiger partial charge in [-0.3, -0.25) is 4.90 Å². The van der Waals surface area contributed by atoms with Crippen molar-refractivity contribution in [2.45, 2.75) is 67.5 Å². The second-order valence-corrected chi connectivity index (χ2v) is 9.05. The van der Waals surface area contributed by atoms with E-state index in [9.17, 15) is 40.5 Å². The van der Waals surface area contributed by atoms with Crippen LogP contribution in [0.2, 0.25) is 0 Å². The number of urea groups is 1. The number of carbonyl (C=O) groups is 1. The SMILES string of the molecule is O=C(NCCCl)N(CC1COCCO1)C1O[C@H](CO)[C@@H](O[C@H]2O[C@H](CO)[C@@H](O)[C@H](O)[C@H]2O)[C@H](O)[C@H]1O. The smallest absolute Gasteiger partial charge is 0.319 e. The van der Waals surface area contributed by atoms with Crippen molar-refractivity contribution in [2.75, 3.05) is 52.0 Å². The van der Waals surface area contributed by atoms with E-state index in [-0.39, 0.29) is 25.6 Å². The van der Waals surface area contributed by atoms with E-state index in [1.165, 1.54) is 0 Å². The largest absolute Gasteiger partial charge is 0.394 e. The average molecular weight is 547 g/mol. The Morgan fingerprint density at radius 1 is 0.944 bits per heavy atom. The number of carbonyl (C=O) groups excluding carboxylic acids is 1. The average Bonchev–Trinajstić information content (AvgIpc) is 2.89. The summed E-state index contributed by atoms with van der Waals surface area (Å²) in [6.07, 6.45) is -16.4. The summed E-state index contributed by atoms with van der Waals surface area (Å²) >= 11 is 5.66. The van der Waals surface area contributed by atoms with Gasteiger partial charge in [0.15, 0.2) is 12.5 Å². The fourth-order valence-electron chi connectivity index (χ4n) is 4.25. The Labute approximate surface area is 212 Å². The number of alkyl halides is 1. The maximum atomic E-state index is 12.9. The zero-order valence-corrected chi connectivity index (χ0v) is 20.2. The highest BCUT2D eigenvalue weighted by Gasteiger charge is 2.52. The van der Waals surface area contributed by atoms with Crippen LogP contribution in [0.3, 0.4) is 0 Å². The first-order chi connectivity index (χ1) is 17.2. The Kier molecular flexibility index (Phi) is 11.3. The van der Waals surface area contributed by atoms with Gasteiger partial charge in [0.25, 0.3) is 0 Å². The van der Waals surface area contributed by atoms with Crippen molar-refractivity contribution in [2.24, 2.45) is 0 Å². The third kappa shape index (κ3) is 6.74. The van der Waals surface area contributed by atoms with Crippen LogP contribution in [-0.4, -0.2) is 166 Å². The monoisotopic (exact) mass is 546 g/mol. The molecule has 3 saturated heterocycles. The maximum absolute atomic E-state index is 12.9. The summed E-state index contributed by atoms with van der Waals surface area (Å²) in [4.78, 5) is 14.0. The van der Waals surface area contributed by atoms with Crippen molar-refractivity contribution in [1.29, 1.82) is 0 Å². The Hall–Kier alpha value is -0.920. The van der Waals surface area contributed by atoms with E-state index in [1.54, 1.807) is 0 Å². The van der Waals surface area contributed by atoms with Crippen molar-refractivity contribution in [1.82, 2.24) is 10.2 Å². The Bertz CT molecular complexity index is 686. The molecule has 0 aromatic carbocycles. The van der Waals surface area contributed by atoms with Gasteiger partial charge in [-0.25, -0.2) is 4.79 Å². The first-order valence-corrected chi connectivity index (χ1v) is 12.1. The van der Waals surface area contributed by atoms with Crippen LogP contribution in [0, 0.1) is 0 Å². The van der Waals surface area contributed by atoms with Crippen molar-refractivity contribution in [3.8, 4) is 0 Å². The number of ether oxygens (including phenoxy) is 5. The summed E-state index contributed by atoms with van der Waals surface area (Å²) in [7, 11) is 0. The number of hydrogen-bond acceptors (Lipinski definition) is 13. The standard InChI is InChI=1S/C20H35ClN2O13/c21-1-2-22-20(31)23(5-9-8-32-3-4-33-9)18-15(29)14(28)17(11(7-25)34-18)36-19-16(30)13(27)12(26)10(6-24)35-19/h9-19,24-30H,1-8H2,(H,22,31)/t9?,10-,11-,12-,13+,14-,15-,16-,17-,18?,19-/m1/s1. The maximum Gasteiger partial charge on any atom is 0.319 e. The van der Waals surface area contributed by atoms with Gasteiger partial charge < -0.3 is 64.7 Å². The van der Waals surface area contributed by atoms with Gasteiger partial charge in [-0.2, -0.15) is 0 Å². The fourth-order valence-corrected chi connectivity index (χ4v) is 4.34. The molecule has 210 valence electrons. The van der Waals surface area contributed by atoms with Gasteiger partial charge in [0.2, 0.25) is 0 Å². The molecule has 0 saturated carbocycles. The molecule has 3 fully saturated rings. The van der Waals surface area contributed by atoms with E-state index in [1.807, 2.05) is 0 Å². The predicted molar refractivity (Wildman–Crippen MR) is 118 cm³/mol. The van der Waals surface area contributed by atoms with E-state index >= 15 is 0 Å². The summed E-state index contributed by atoms with van der Waals surface area (Å²) in [5.74, 6) is 0.119. The van der Waals surface area contributed by atoms with E-state index in [4.69, 9.17) is 35.3 Å². The molecule has 3 heterocycles. The van der Waals surface area contributed by atoms with Crippen LogP contribution in [0.4, 0.5) is 4.79 Å². The molecule has 2 amide bonds. The van der Waals surface area contributed by atoms with Crippen LogP contribution in [0.5, 0.6) is 0 Å². The van der Waals surface area contributed by atoms with Gasteiger partial charge in [0.1, 0.15) is 48.8 Å². The lowest BCUT2D eigenvalue weighted by Crippen LogP contribution is -2.68. The number of rotatable bonds is 9. The first-order valence-electron chi connectivity index (χ1n) is 11.6. The summed E-state index contributed by atoms with van der Waals surface area (Å²) in [6.45, 7) is -0.552. The third-order valence-electron chi connectivity index (χ3n) is 6.20. The molecule has 36 heavy (non-hydrogen) atoms. The zero-order valence-electron chi connectivity index (χ0n) is 19.4. The van der Waals surface area contributed by atoms with Crippen LogP contribution >= 0.6 is 11.6 Å². The van der Waals surface area contributed by atoms with Crippen LogP contribution in [0.1, 0.15) is 0 Å². The molecule has 8 N–H and O–H groups in total. The highest BCUT2D eigenvalue weighted by molar-refractivity contribution is 6.18. The van der Waals surface area contributed by atoms with Gasteiger partial charge >= 0.3 is 6.03 Å². The molecular formula is C20H35ClN2O13. The molecular weight excluding hydrogens is 512 g/mol. The Morgan fingerprint density at radius 3 is 2.28 bits per heavy atom. The van der Waals surface area contributed by atoms with Crippen molar-refractivity contribution >= 4 is 17.6 Å². The molecule has 0 aliphatic carbocycles. The lowest BCUT2D eigenvalue weighted by Gasteiger charge is -2.48. The Balaban J connectivity index is 1.76. The molecule has 0 spiro atoms. The molecule has 0 aromatic heterocycles. The van der Waals surface area contributed by atoms with Crippen molar-refractivity contribution in [3.05, 3.63) is 0 Å². The third-order valence-corrected chi connectivity index (χ3v) is 6.39. The number of amides is 2. The van der Waals surface area contributed by atoms with Gasteiger partial charge in [-0.1, -0.05) is 0 Å². The minimum atomic E-state index is -1.79. The molecule has 3 rings (SSSR count). The quantitative estimate of drug-likeness (QED) is 0.127. The molecule has 3 aliphatic rings. The molecule has 15 nitrogen and oxygen atoms in total. The number of aliphatic hydroxyl groups excluding tert-OH is 7. The summed E-state index contributed by atoms with van der Waals surface area (Å²) in [5, 5.41) is 73.8. The minimum Gasteiger partial charge on any atom is -0.394 e. The Morgan fingerprint density at radius 2 is 1.67 bits per heavy atom. The fraction of sp³-hybridized carbons (Fsp3) is 0.950. The van der Waals surface area contributed by atoms with Crippen LogP contribution < -0.4 is 5.32 Å². The van der Waals surface area contributed by atoms with Crippen LogP contribution in [0.25, 0.3) is 0 Å². The predicted octanol–water partition coefficient (Wildman–Crippen LogP) is -4.72. The van der Waals surface area contributed by atoms with Crippen LogP contribution in [-0.2, 0) is 23.7 Å². The lowest BCUT2D eigenvalue weighted by molar-refractivity contribution is -0.347. The number of hydrogen-bond donors (Lipinski definition) is 8. The lowest BCUT2D eigenvalue weighted by atomic mass is 9.96. The van der Waals surface area contributed by atoms with Crippen LogP contribution in [0.15, 0.2) is 0 Å². The van der Waals surface area contributed by atoms with Gasteiger partial charge in [-0.05, 0) is 0 Å². The van der Waals surface area contributed by atoms with Gasteiger partial charge in [0.05, 0.1) is 45.7 Å². The highest BCUT2D eigenvalue weighted by atomic mass is 35.5. The van der Waals surface area contributed by atoms with Crippen molar-refractivity contribution in [3.63, 3.8) is 0 Å². The van der Waals surface area contributed by atoms with Crippen molar-refractivity contribution < 1.29 is 64.2 Å². The van der Waals surface area contributed by atoms with E-state index in [0.29, 0.717) is 13.2 Å². The molecule has 11 atom stereocenters. The second kappa shape index (κ2) is 13.7. The molecule has 0 bridgehead atoms. The number of aliphatic hydroxyl groups is 7. The van der Waals surface area contributed by atoms with E-state index < -0.39 is 86.7 Å². The van der Waals surface area contributed by atoms with E-state index in [2.05, 4.69) is 5.32 Å².